The fourth-order valence-electron chi connectivity index (χ4n) is 2.29. The molecule has 0 radical (unpaired) electrons. The molecule has 0 aliphatic rings. The zero-order valence-corrected chi connectivity index (χ0v) is 14.0. The smallest absolute Gasteiger partial charge is 0.227 e. The third kappa shape index (κ3) is 4.43. The normalized spacial score (nSPS) is 10.6. The van der Waals surface area contributed by atoms with Gasteiger partial charge in [-0.2, -0.15) is 4.98 Å². The summed E-state index contributed by atoms with van der Waals surface area (Å²) >= 11 is 0. The molecule has 1 amide bonds. The maximum atomic E-state index is 11.8. The summed E-state index contributed by atoms with van der Waals surface area (Å²) in [6.45, 7) is 2.12. The summed E-state index contributed by atoms with van der Waals surface area (Å²) in [6, 6.07) is 9.39. The molecule has 3 aromatic rings. The molecule has 130 valence electrons. The second kappa shape index (κ2) is 7.61. The molecule has 0 aliphatic heterocycles. The lowest BCUT2D eigenvalue weighted by molar-refractivity contribution is -0.120. The Labute approximate surface area is 144 Å². The van der Waals surface area contributed by atoms with E-state index in [1.165, 1.54) is 0 Å². The predicted octanol–water partition coefficient (Wildman–Crippen LogP) is 1.94. The van der Waals surface area contributed by atoms with Gasteiger partial charge >= 0.3 is 0 Å². The van der Waals surface area contributed by atoms with E-state index >= 15 is 0 Å². The van der Waals surface area contributed by atoms with Crippen molar-refractivity contribution in [1.82, 2.24) is 20.6 Å². The van der Waals surface area contributed by atoms with Gasteiger partial charge in [0.15, 0.2) is 11.6 Å². The number of aromatic nitrogens is 3. The van der Waals surface area contributed by atoms with Crippen molar-refractivity contribution >= 4 is 5.91 Å². The van der Waals surface area contributed by atoms with Crippen molar-refractivity contribution < 1.29 is 18.6 Å². The highest BCUT2D eigenvalue weighted by Gasteiger charge is 2.10. The van der Waals surface area contributed by atoms with Crippen LogP contribution in [0.4, 0.5) is 0 Å². The molecule has 0 saturated carbocycles. The Kier molecular flexibility index (Phi) is 5.08. The van der Waals surface area contributed by atoms with Gasteiger partial charge in [0.2, 0.25) is 11.8 Å². The van der Waals surface area contributed by atoms with Crippen LogP contribution in [0.5, 0.6) is 5.75 Å². The molecule has 3 rings (SSSR count). The van der Waals surface area contributed by atoms with Gasteiger partial charge in [-0.3, -0.25) is 4.79 Å². The minimum absolute atomic E-state index is 0.0885. The number of hydrogen-bond acceptors (Lipinski definition) is 7. The van der Waals surface area contributed by atoms with Crippen molar-refractivity contribution in [3.05, 3.63) is 47.7 Å². The molecule has 0 spiro atoms. The molecule has 0 atom stereocenters. The van der Waals surface area contributed by atoms with Gasteiger partial charge in [0, 0.05) is 31.5 Å². The number of benzene rings is 1. The standard InChI is InChI=1S/C17H18N4O4/c1-11-19-16(21-24-11)10-17(22)18-7-6-13-9-15(25-20-13)12-4-3-5-14(8-12)23-2/h3-5,8-9H,6-7,10H2,1-2H3,(H,18,22). The van der Waals surface area contributed by atoms with Crippen LogP contribution in [0, 0.1) is 6.92 Å². The fraction of sp³-hybridized carbons (Fsp3) is 0.294. The highest BCUT2D eigenvalue weighted by molar-refractivity contribution is 5.77. The number of carbonyl (C=O) groups is 1. The van der Waals surface area contributed by atoms with Crippen molar-refractivity contribution in [2.24, 2.45) is 0 Å². The van der Waals surface area contributed by atoms with Gasteiger partial charge in [-0.15, -0.1) is 0 Å². The lowest BCUT2D eigenvalue weighted by Crippen LogP contribution is -2.27. The Bertz CT molecular complexity index is 856. The number of rotatable bonds is 7. The Morgan fingerprint density at radius 1 is 1.24 bits per heavy atom. The molecule has 1 aromatic carbocycles. The van der Waals surface area contributed by atoms with Crippen LogP contribution in [0.25, 0.3) is 11.3 Å². The summed E-state index contributed by atoms with van der Waals surface area (Å²) in [7, 11) is 1.61. The SMILES string of the molecule is COc1cccc(-c2cc(CCNC(=O)Cc3noc(C)n3)no2)c1. The molecular formula is C17H18N4O4. The third-order valence-corrected chi connectivity index (χ3v) is 3.50. The minimum Gasteiger partial charge on any atom is -0.497 e. The van der Waals surface area contributed by atoms with E-state index in [9.17, 15) is 4.79 Å². The number of nitrogens with zero attached hydrogens (tertiary/aromatic N) is 3. The van der Waals surface area contributed by atoms with Crippen molar-refractivity contribution in [3.8, 4) is 17.1 Å². The van der Waals surface area contributed by atoms with Crippen LogP contribution in [0.2, 0.25) is 0 Å². The van der Waals surface area contributed by atoms with Gasteiger partial charge in [-0.1, -0.05) is 22.4 Å². The maximum absolute atomic E-state index is 11.8. The molecule has 8 nitrogen and oxygen atoms in total. The Hall–Kier alpha value is -3.16. The first-order chi connectivity index (χ1) is 12.1. The van der Waals surface area contributed by atoms with Crippen molar-refractivity contribution in [1.29, 1.82) is 0 Å². The second-order valence-corrected chi connectivity index (χ2v) is 5.42. The second-order valence-electron chi connectivity index (χ2n) is 5.42. The summed E-state index contributed by atoms with van der Waals surface area (Å²) < 4.78 is 15.4. The maximum Gasteiger partial charge on any atom is 0.227 e. The number of methoxy groups -OCH3 is 1. The first kappa shape index (κ1) is 16.7. The van der Waals surface area contributed by atoms with Crippen LogP contribution in [-0.4, -0.2) is 34.9 Å². The van der Waals surface area contributed by atoms with Crippen LogP contribution in [0.1, 0.15) is 17.4 Å². The van der Waals surface area contributed by atoms with Crippen LogP contribution in [-0.2, 0) is 17.6 Å². The van der Waals surface area contributed by atoms with E-state index in [1.807, 2.05) is 30.3 Å². The van der Waals surface area contributed by atoms with E-state index in [1.54, 1.807) is 14.0 Å². The van der Waals surface area contributed by atoms with Crippen LogP contribution < -0.4 is 10.1 Å². The highest BCUT2D eigenvalue weighted by Crippen LogP contribution is 2.24. The van der Waals surface area contributed by atoms with Crippen LogP contribution >= 0.6 is 0 Å². The van der Waals surface area contributed by atoms with Crippen LogP contribution in [0.15, 0.2) is 39.4 Å². The molecule has 2 aromatic heterocycles. The summed E-state index contributed by atoms with van der Waals surface area (Å²) in [5.74, 6) is 2.05. The van der Waals surface area contributed by atoms with Crippen LogP contribution in [0.3, 0.4) is 0 Å². The van der Waals surface area contributed by atoms with Gasteiger partial charge in [0.1, 0.15) is 5.75 Å². The number of hydrogen-bond donors (Lipinski definition) is 1. The lowest BCUT2D eigenvalue weighted by atomic mass is 10.1. The molecule has 0 aliphatic carbocycles. The molecule has 25 heavy (non-hydrogen) atoms. The minimum atomic E-state index is -0.169. The molecule has 0 fully saturated rings. The summed E-state index contributed by atoms with van der Waals surface area (Å²) in [5.41, 5.74) is 1.64. The van der Waals surface area contributed by atoms with E-state index in [0.717, 1.165) is 17.0 Å². The molecule has 0 unspecified atom stereocenters. The summed E-state index contributed by atoms with van der Waals surface area (Å²) in [5, 5.41) is 10.5. The van der Waals surface area contributed by atoms with Gasteiger partial charge < -0.3 is 19.1 Å². The third-order valence-electron chi connectivity index (χ3n) is 3.50. The zero-order valence-electron chi connectivity index (χ0n) is 14.0. The molecule has 2 heterocycles. The summed E-state index contributed by atoms with van der Waals surface area (Å²) in [6.07, 6.45) is 0.649. The van der Waals surface area contributed by atoms with E-state index < -0.39 is 0 Å². The molecule has 0 bridgehead atoms. The van der Waals surface area contributed by atoms with E-state index in [2.05, 4.69) is 20.6 Å². The van der Waals surface area contributed by atoms with Gasteiger partial charge in [0.05, 0.1) is 19.2 Å². The fourth-order valence-corrected chi connectivity index (χ4v) is 2.29. The topological polar surface area (TPSA) is 103 Å². The van der Waals surface area contributed by atoms with Crippen molar-refractivity contribution in [2.75, 3.05) is 13.7 Å². The Morgan fingerprint density at radius 2 is 2.12 bits per heavy atom. The molecule has 1 N–H and O–H groups in total. The quantitative estimate of drug-likeness (QED) is 0.700. The van der Waals surface area contributed by atoms with E-state index in [4.69, 9.17) is 13.8 Å². The zero-order chi connectivity index (χ0) is 17.6. The van der Waals surface area contributed by atoms with Crippen molar-refractivity contribution in [3.63, 3.8) is 0 Å². The first-order valence-corrected chi connectivity index (χ1v) is 7.80. The highest BCUT2D eigenvalue weighted by atomic mass is 16.5. The predicted molar refractivity (Wildman–Crippen MR) is 87.9 cm³/mol. The Balaban J connectivity index is 1.50. The van der Waals surface area contributed by atoms with Gasteiger partial charge in [0.25, 0.3) is 0 Å². The van der Waals surface area contributed by atoms with Crippen molar-refractivity contribution in [2.45, 2.75) is 19.8 Å². The first-order valence-electron chi connectivity index (χ1n) is 7.80. The van der Waals surface area contributed by atoms with E-state index in [-0.39, 0.29) is 12.3 Å². The molecule has 8 heteroatoms. The number of nitrogens with one attached hydrogen (secondary N) is 1. The average Bonchev–Trinajstić information content (AvgIpc) is 3.24. The lowest BCUT2D eigenvalue weighted by Gasteiger charge is -2.01. The average molecular weight is 342 g/mol. The number of carbonyl (C=O) groups excluding carboxylic acids is 1. The number of amides is 1. The van der Waals surface area contributed by atoms with Gasteiger partial charge in [-0.05, 0) is 12.1 Å². The largest absolute Gasteiger partial charge is 0.497 e. The Morgan fingerprint density at radius 3 is 2.88 bits per heavy atom. The monoisotopic (exact) mass is 342 g/mol. The van der Waals surface area contributed by atoms with Gasteiger partial charge in [-0.25, -0.2) is 0 Å². The molecular weight excluding hydrogens is 324 g/mol. The molecule has 0 saturated heterocycles. The van der Waals surface area contributed by atoms with E-state index in [0.29, 0.717) is 30.4 Å². The summed E-state index contributed by atoms with van der Waals surface area (Å²) in [4.78, 5) is 15.8. The number of aryl methyl sites for hydroxylation is 1. The number of ether oxygens (including phenoxy) is 1.